The molecule has 2 amide bonds. The molecule has 0 aliphatic carbocycles. The normalized spacial score (nSPS) is 15.4. The largest absolute Gasteiger partial charge is 0.454 e. The molecule has 3 N–H and O–H groups in total. The second kappa shape index (κ2) is 9.53. The minimum atomic E-state index is -0.594. The summed E-state index contributed by atoms with van der Waals surface area (Å²) in [5.41, 5.74) is 8.00. The average molecular weight is 461 g/mol. The molecule has 1 fully saturated rings. The number of fused-ring (bicyclic) bond motifs is 2. The monoisotopic (exact) mass is 460 g/mol. The van der Waals surface area contributed by atoms with E-state index in [1.54, 1.807) is 6.07 Å². The van der Waals surface area contributed by atoms with Gasteiger partial charge in [-0.15, -0.1) is 0 Å². The smallest absolute Gasteiger partial charge is 0.317 e. The number of ether oxygens (including phenoxy) is 2. The van der Waals surface area contributed by atoms with E-state index < -0.39 is 6.03 Å². The van der Waals surface area contributed by atoms with Gasteiger partial charge in [-0.05, 0) is 49.7 Å². The number of para-hydroxylation sites is 1. The van der Waals surface area contributed by atoms with Crippen molar-refractivity contribution in [2.75, 3.05) is 49.7 Å². The first-order valence-electron chi connectivity index (χ1n) is 11.6. The molecular weight excluding hydrogens is 432 g/mol. The Bertz CT molecular complexity index is 1240. The number of amides is 2. The Labute approximate surface area is 198 Å². The van der Waals surface area contributed by atoms with E-state index in [-0.39, 0.29) is 6.79 Å². The van der Waals surface area contributed by atoms with E-state index >= 15 is 0 Å². The molecule has 2 aromatic carbocycles. The highest BCUT2D eigenvalue weighted by Gasteiger charge is 2.24. The number of nitriles is 1. The zero-order valence-electron chi connectivity index (χ0n) is 19.0. The Kier molecular flexibility index (Phi) is 6.14. The van der Waals surface area contributed by atoms with Crippen LogP contribution in [-0.2, 0) is 6.54 Å². The van der Waals surface area contributed by atoms with Gasteiger partial charge in [0, 0.05) is 38.1 Å². The predicted molar refractivity (Wildman–Crippen MR) is 130 cm³/mol. The van der Waals surface area contributed by atoms with Crippen LogP contribution in [0.4, 0.5) is 16.3 Å². The number of urea groups is 1. The first-order valence-corrected chi connectivity index (χ1v) is 11.6. The molecule has 3 aromatic rings. The molecule has 2 aliphatic rings. The number of aryl methyl sites for hydroxylation is 1. The summed E-state index contributed by atoms with van der Waals surface area (Å²) in [7, 11) is 0. The molecule has 9 heteroatoms. The number of anilines is 2. The molecule has 9 nitrogen and oxygen atoms in total. The van der Waals surface area contributed by atoms with Crippen LogP contribution >= 0.6 is 0 Å². The number of piperazine rings is 1. The minimum Gasteiger partial charge on any atom is -0.454 e. The van der Waals surface area contributed by atoms with Gasteiger partial charge in [-0.3, -0.25) is 10.2 Å². The van der Waals surface area contributed by atoms with Gasteiger partial charge in [-0.2, -0.15) is 5.26 Å². The van der Waals surface area contributed by atoms with E-state index in [9.17, 15) is 10.1 Å². The van der Waals surface area contributed by atoms with E-state index in [0.717, 1.165) is 80.2 Å². The summed E-state index contributed by atoms with van der Waals surface area (Å²) >= 11 is 0. The maximum absolute atomic E-state index is 11.5. The third kappa shape index (κ3) is 4.45. The van der Waals surface area contributed by atoms with Crippen molar-refractivity contribution in [1.82, 2.24) is 9.47 Å². The van der Waals surface area contributed by atoms with Gasteiger partial charge in [0.1, 0.15) is 5.82 Å². The number of carbonyl (C=O) groups is 1. The van der Waals surface area contributed by atoms with Crippen molar-refractivity contribution in [3.63, 3.8) is 0 Å². The number of hydrogen-bond donors (Lipinski definition) is 2. The number of carbonyl (C=O) groups excluding carboxylic acids is 1. The maximum Gasteiger partial charge on any atom is 0.317 e. The third-order valence-corrected chi connectivity index (χ3v) is 6.48. The molecule has 176 valence electrons. The molecule has 3 heterocycles. The SMILES string of the molecule is N#Cc1ccc2cc(NC(N)=O)n(CCCCN3CCN(c4cccc5c4OCO5)CC3)c2c1. The van der Waals surface area contributed by atoms with E-state index in [1.165, 1.54) is 0 Å². The fraction of sp³-hybridized carbons (Fsp3) is 0.360. The van der Waals surface area contributed by atoms with E-state index in [1.807, 2.05) is 34.9 Å². The Morgan fingerprint density at radius 3 is 2.68 bits per heavy atom. The van der Waals surface area contributed by atoms with Crippen LogP contribution < -0.4 is 25.4 Å². The molecule has 1 aromatic heterocycles. The number of aromatic nitrogens is 1. The second-order valence-electron chi connectivity index (χ2n) is 8.60. The van der Waals surface area contributed by atoms with E-state index in [2.05, 4.69) is 27.3 Å². The highest BCUT2D eigenvalue weighted by Crippen LogP contribution is 2.41. The molecule has 0 saturated carbocycles. The Hall–Kier alpha value is -3.90. The quantitative estimate of drug-likeness (QED) is 0.524. The van der Waals surface area contributed by atoms with Gasteiger partial charge in [0.05, 0.1) is 22.8 Å². The number of nitrogens with zero attached hydrogens (tertiary/aromatic N) is 4. The van der Waals surface area contributed by atoms with E-state index in [0.29, 0.717) is 11.4 Å². The van der Waals surface area contributed by atoms with Crippen LogP contribution in [0.5, 0.6) is 11.5 Å². The second-order valence-corrected chi connectivity index (χ2v) is 8.60. The van der Waals surface area contributed by atoms with Crippen molar-refractivity contribution in [1.29, 1.82) is 5.26 Å². The fourth-order valence-electron chi connectivity index (χ4n) is 4.78. The summed E-state index contributed by atoms with van der Waals surface area (Å²) in [6.45, 7) is 5.94. The van der Waals surface area contributed by atoms with Crippen LogP contribution in [0.1, 0.15) is 18.4 Å². The van der Waals surface area contributed by atoms with Crippen LogP contribution in [0.3, 0.4) is 0 Å². The zero-order chi connectivity index (χ0) is 23.5. The minimum absolute atomic E-state index is 0.289. The van der Waals surface area contributed by atoms with Crippen LogP contribution in [0, 0.1) is 11.3 Å². The molecule has 0 spiro atoms. The first kappa shape index (κ1) is 21.9. The lowest BCUT2D eigenvalue weighted by Gasteiger charge is -2.36. The summed E-state index contributed by atoms with van der Waals surface area (Å²) in [4.78, 5) is 16.3. The molecule has 0 radical (unpaired) electrons. The number of hydrogen-bond acceptors (Lipinski definition) is 6. The fourth-order valence-corrected chi connectivity index (χ4v) is 4.78. The molecule has 1 saturated heterocycles. The standard InChI is InChI=1S/C25H28N6O3/c26-16-18-6-7-19-15-23(28-25(27)32)31(21(19)14-18)9-2-1-8-29-10-12-30(13-11-29)20-4-3-5-22-24(20)34-17-33-22/h3-7,14-15H,1-2,8-13,17H2,(H3,27,28,32). The number of primary amides is 1. The van der Waals surface area contributed by atoms with Crippen molar-refractivity contribution >= 4 is 28.4 Å². The Morgan fingerprint density at radius 2 is 1.88 bits per heavy atom. The summed E-state index contributed by atoms with van der Waals surface area (Å²) in [5.74, 6) is 2.34. The van der Waals surface area contributed by atoms with Crippen molar-refractivity contribution in [3.05, 3.63) is 48.0 Å². The van der Waals surface area contributed by atoms with Gasteiger partial charge in [0.25, 0.3) is 0 Å². The van der Waals surface area contributed by atoms with Gasteiger partial charge in [-0.25, -0.2) is 4.79 Å². The lowest BCUT2D eigenvalue weighted by molar-refractivity contribution is 0.174. The molecule has 0 atom stereocenters. The van der Waals surface area contributed by atoms with Gasteiger partial charge in [0.15, 0.2) is 11.5 Å². The van der Waals surface area contributed by atoms with Gasteiger partial charge in [-0.1, -0.05) is 12.1 Å². The number of unbranched alkanes of at least 4 members (excludes halogenated alkanes) is 1. The average Bonchev–Trinajstić information content (AvgIpc) is 3.46. The molecule has 0 unspecified atom stereocenters. The Balaban J connectivity index is 1.16. The van der Waals surface area contributed by atoms with Crippen LogP contribution in [0.2, 0.25) is 0 Å². The maximum atomic E-state index is 11.5. The summed E-state index contributed by atoms with van der Waals surface area (Å²) < 4.78 is 13.2. The Morgan fingerprint density at radius 1 is 1.06 bits per heavy atom. The zero-order valence-corrected chi connectivity index (χ0v) is 19.0. The van der Waals surface area contributed by atoms with Crippen molar-refractivity contribution in [2.45, 2.75) is 19.4 Å². The lowest BCUT2D eigenvalue weighted by Crippen LogP contribution is -2.46. The van der Waals surface area contributed by atoms with Crippen molar-refractivity contribution < 1.29 is 14.3 Å². The van der Waals surface area contributed by atoms with Crippen LogP contribution in [-0.4, -0.2) is 55.0 Å². The van der Waals surface area contributed by atoms with E-state index in [4.69, 9.17) is 15.2 Å². The highest BCUT2D eigenvalue weighted by atomic mass is 16.7. The predicted octanol–water partition coefficient (Wildman–Crippen LogP) is 3.33. The topological polar surface area (TPSA) is 109 Å². The van der Waals surface area contributed by atoms with Crippen molar-refractivity contribution in [3.8, 4) is 17.6 Å². The molecular formula is C25H28N6O3. The summed E-state index contributed by atoms with van der Waals surface area (Å²) in [5, 5.41) is 13.0. The van der Waals surface area contributed by atoms with Gasteiger partial charge in [0.2, 0.25) is 6.79 Å². The van der Waals surface area contributed by atoms with Crippen LogP contribution in [0.25, 0.3) is 10.9 Å². The summed E-state index contributed by atoms with van der Waals surface area (Å²) in [6, 6.07) is 15.1. The molecule has 0 bridgehead atoms. The molecule has 34 heavy (non-hydrogen) atoms. The number of nitrogens with two attached hydrogens (primary N) is 1. The van der Waals surface area contributed by atoms with Crippen molar-refractivity contribution in [2.24, 2.45) is 5.73 Å². The number of benzene rings is 2. The van der Waals surface area contributed by atoms with Crippen LogP contribution in [0.15, 0.2) is 42.5 Å². The first-order chi connectivity index (χ1) is 16.6. The molecule has 5 rings (SSSR count). The third-order valence-electron chi connectivity index (χ3n) is 6.48. The lowest BCUT2D eigenvalue weighted by atomic mass is 10.2. The highest BCUT2D eigenvalue weighted by molar-refractivity contribution is 5.93. The number of rotatable bonds is 7. The number of nitrogens with one attached hydrogen (secondary N) is 1. The van der Waals surface area contributed by atoms with Gasteiger partial charge < -0.3 is 24.7 Å². The summed E-state index contributed by atoms with van der Waals surface area (Å²) in [6.07, 6.45) is 1.98. The molecule has 2 aliphatic heterocycles. The van der Waals surface area contributed by atoms with Gasteiger partial charge >= 0.3 is 6.03 Å².